The van der Waals surface area contributed by atoms with Crippen LogP contribution in [0.1, 0.15) is 66.7 Å². The van der Waals surface area contributed by atoms with Gasteiger partial charge >= 0.3 is 0 Å². The molecule has 15 heavy (non-hydrogen) atoms. The summed E-state index contributed by atoms with van der Waals surface area (Å²) in [4.78, 5) is 0. The molecule has 0 aromatic carbocycles. The van der Waals surface area contributed by atoms with Crippen molar-refractivity contribution in [2.45, 2.75) is 66.7 Å². The van der Waals surface area contributed by atoms with Gasteiger partial charge in [0.25, 0.3) is 0 Å². The Kier molecular flexibility index (Phi) is 7.82. The highest BCUT2D eigenvalue weighted by Gasteiger charge is 2.15. The Bertz CT molecular complexity index is 169. The van der Waals surface area contributed by atoms with Gasteiger partial charge in [0.2, 0.25) is 0 Å². The average Bonchev–Trinajstić information content (AvgIpc) is 2.22. The lowest BCUT2D eigenvalue weighted by Gasteiger charge is -2.24. The molecule has 0 aliphatic heterocycles. The molecule has 0 rings (SSSR count). The van der Waals surface area contributed by atoms with Gasteiger partial charge in [0.1, 0.15) is 0 Å². The Morgan fingerprint density at radius 1 is 1.07 bits per heavy atom. The molecular weight excluding hydrogens is 180 g/mol. The van der Waals surface area contributed by atoms with E-state index in [0.717, 1.165) is 17.8 Å². The van der Waals surface area contributed by atoms with Gasteiger partial charge in [0.05, 0.1) is 0 Å². The van der Waals surface area contributed by atoms with Gasteiger partial charge in [-0.1, -0.05) is 46.1 Å². The molecule has 0 saturated carbocycles. The highest BCUT2D eigenvalue weighted by molar-refractivity contribution is 4.88. The first kappa shape index (κ1) is 14.7. The van der Waals surface area contributed by atoms with E-state index in [0.29, 0.717) is 0 Å². The lowest BCUT2D eigenvalue weighted by molar-refractivity contribution is 0.282. The summed E-state index contributed by atoms with van der Waals surface area (Å²) < 4.78 is 0. The summed E-state index contributed by atoms with van der Waals surface area (Å²) in [5.41, 5.74) is 1.34. The van der Waals surface area contributed by atoms with E-state index < -0.39 is 0 Å². The van der Waals surface area contributed by atoms with E-state index in [2.05, 4.69) is 41.2 Å². The van der Waals surface area contributed by atoms with Gasteiger partial charge in [-0.25, -0.2) is 0 Å². The van der Waals surface area contributed by atoms with Crippen LogP contribution >= 0.6 is 0 Å². The van der Waals surface area contributed by atoms with E-state index in [1.807, 2.05) is 0 Å². The molecule has 0 N–H and O–H groups in total. The standard InChI is InChI=1S/C15H30/c1-7-13(5)14(6)11-15(8-2)10-9-12(3)4/h13-15H,3,7-11H2,1-2,4-6H3. The van der Waals surface area contributed by atoms with Crippen LogP contribution in [0, 0.1) is 17.8 Å². The average molecular weight is 210 g/mol. The van der Waals surface area contributed by atoms with Crippen molar-refractivity contribution in [3.8, 4) is 0 Å². The van der Waals surface area contributed by atoms with Crippen molar-refractivity contribution >= 4 is 0 Å². The van der Waals surface area contributed by atoms with Gasteiger partial charge in [-0.05, 0) is 43.9 Å². The first-order valence-corrected chi connectivity index (χ1v) is 6.65. The lowest BCUT2D eigenvalue weighted by Crippen LogP contribution is -2.12. The number of rotatable bonds is 8. The topological polar surface area (TPSA) is 0 Å². The summed E-state index contributed by atoms with van der Waals surface area (Å²) in [7, 11) is 0. The van der Waals surface area contributed by atoms with Gasteiger partial charge in [-0.2, -0.15) is 0 Å². The molecule has 0 saturated heterocycles. The van der Waals surface area contributed by atoms with Gasteiger partial charge in [0.15, 0.2) is 0 Å². The van der Waals surface area contributed by atoms with E-state index in [1.54, 1.807) is 0 Å². The largest absolute Gasteiger partial charge is 0.100 e. The maximum absolute atomic E-state index is 3.99. The first-order valence-electron chi connectivity index (χ1n) is 6.65. The van der Waals surface area contributed by atoms with Crippen LogP contribution in [0.3, 0.4) is 0 Å². The van der Waals surface area contributed by atoms with Crippen LogP contribution in [0.5, 0.6) is 0 Å². The molecule has 0 amide bonds. The molecule has 0 aliphatic rings. The Morgan fingerprint density at radius 3 is 2.07 bits per heavy atom. The SMILES string of the molecule is C=C(C)CCC(CC)CC(C)C(C)CC. The Labute approximate surface area is 97.2 Å². The fourth-order valence-corrected chi connectivity index (χ4v) is 2.10. The Hall–Kier alpha value is -0.260. The molecule has 0 radical (unpaired) electrons. The summed E-state index contributed by atoms with van der Waals surface area (Å²) in [5, 5.41) is 0. The van der Waals surface area contributed by atoms with Gasteiger partial charge in [-0.15, -0.1) is 6.58 Å². The summed E-state index contributed by atoms with van der Waals surface area (Å²) >= 11 is 0. The molecule has 0 spiro atoms. The number of hydrogen-bond acceptors (Lipinski definition) is 0. The fraction of sp³-hybridized carbons (Fsp3) is 0.867. The van der Waals surface area contributed by atoms with Gasteiger partial charge in [0, 0.05) is 0 Å². The second-order valence-electron chi connectivity index (χ2n) is 5.37. The third-order valence-corrected chi connectivity index (χ3v) is 3.88. The second-order valence-corrected chi connectivity index (χ2v) is 5.37. The maximum Gasteiger partial charge on any atom is -0.0323 e. The van der Waals surface area contributed by atoms with Crippen LogP contribution in [-0.2, 0) is 0 Å². The number of allylic oxidation sites excluding steroid dienone is 1. The second kappa shape index (κ2) is 7.96. The molecule has 0 aliphatic carbocycles. The van der Waals surface area contributed by atoms with E-state index in [9.17, 15) is 0 Å². The van der Waals surface area contributed by atoms with E-state index in [1.165, 1.54) is 37.7 Å². The minimum absolute atomic E-state index is 0.879. The molecule has 0 bridgehead atoms. The fourth-order valence-electron chi connectivity index (χ4n) is 2.10. The van der Waals surface area contributed by atoms with E-state index in [4.69, 9.17) is 0 Å². The quantitative estimate of drug-likeness (QED) is 0.468. The third kappa shape index (κ3) is 6.76. The summed E-state index contributed by atoms with van der Waals surface area (Å²) in [5.74, 6) is 2.67. The van der Waals surface area contributed by atoms with Crippen molar-refractivity contribution in [3.63, 3.8) is 0 Å². The molecule has 90 valence electrons. The molecule has 3 atom stereocenters. The van der Waals surface area contributed by atoms with Crippen molar-refractivity contribution in [1.29, 1.82) is 0 Å². The summed E-state index contributed by atoms with van der Waals surface area (Å²) in [6, 6.07) is 0. The van der Waals surface area contributed by atoms with Crippen LogP contribution < -0.4 is 0 Å². The zero-order valence-corrected chi connectivity index (χ0v) is 11.5. The van der Waals surface area contributed by atoms with Crippen molar-refractivity contribution in [3.05, 3.63) is 12.2 Å². The number of hydrogen-bond donors (Lipinski definition) is 0. The van der Waals surface area contributed by atoms with Gasteiger partial charge in [-0.3, -0.25) is 0 Å². The van der Waals surface area contributed by atoms with Crippen LogP contribution in [0.2, 0.25) is 0 Å². The zero-order valence-electron chi connectivity index (χ0n) is 11.5. The van der Waals surface area contributed by atoms with Crippen LogP contribution in [0.4, 0.5) is 0 Å². The predicted octanol–water partition coefficient (Wildman–Crippen LogP) is 5.44. The smallest absolute Gasteiger partial charge is 0.0323 e. The van der Waals surface area contributed by atoms with Crippen molar-refractivity contribution in [2.75, 3.05) is 0 Å². The molecule has 0 heterocycles. The predicted molar refractivity (Wildman–Crippen MR) is 71.1 cm³/mol. The highest BCUT2D eigenvalue weighted by atomic mass is 14.2. The van der Waals surface area contributed by atoms with Crippen LogP contribution in [0.25, 0.3) is 0 Å². The normalized spacial score (nSPS) is 17.1. The van der Waals surface area contributed by atoms with E-state index in [-0.39, 0.29) is 0 Å². The molecule has 0 nitrogen and oxygen atoms in total. The van der Waals surface area contributed by atoms with Crippen molar-refractivity contribution < 1.29 is 0 Å². The summed E-state index contributed by atoms with van der Waals surface area (Å²) in [6.07, 6.45) is 6.60. The molecule has 0 aromatic rings. The monoisotopic (exact) mass is 210 g/mol. The van der Waals surface area contributed by atoms with Crippen molar-refractivity contribution in [1.82, 2.24) is 0 Å². The van der Waals surface area contributed by atoms with E-state index >= 15 is 0 Å². The highest BCUT2D eigenvalue weighted by Crippen LogP contribution is 2.27. The first-order chi connectivity index (χ1) is 7.01. The Balaban J connectivity index is 3.92. The minimum atomic E-state index is 0.879. The molecule has 0 heteroatoms. The Morgan fingerprint density at radius 2 is 1.67 bits per heavy atom. The lowest BCUT2D eigenvalue weighted by atomic mass is 9.82. The van der Waals surface area contributed by atoms with Crippen molar-refractivity contribution in [2.24, 2.45) is 17.8 Å². The maximum atomic E-state index is 3.99. The van der Waals surface area contributed by atoms with Crippen LogP contribution in [-0.4, -0.2) is 0 Å². The molecule has 3 unspecified atom stereocenters. The molecular formula is C15H30. The summed E-state index contributed by atoms with van der Waals surface area (Å²) in [6.45, 7) is 15.6. The molecule has 0 fully saturated rings. The zero-order chi connectivity index (χ0) is 11.8. The molecule has 0 aromatic heterocycles. The van der Waals surface area contributed by atoms with Crippen LogP contribution in [0.15, 0.2) is 12.2 Å². The van der Waals surface area contributed by atoms with Gasteiger partial charge < -0.3 is 0 Å². The minimum Gasteiger partial charge on any atom is -0.100 e. The third-order valence-electron chi connectivity index (χ3n) is 3.88.